The molecule has 3 aromatic rings. The van der Waals surface area contributed by atoms with Crippen molar-refractivity contribution < 1.29 is 4.79 Å². The Morgan fingerprint density at radius 3 is 2.25 bits per heavy atom. The first kappa shape index (κ1) is 19.9. The molecule has 3 aromatic carbocycles. The summed E-state index contributed by atoms with van der Waals surface area (Å²) in [6, 6.07) is 19.0. The van der Waals surface area contributed by atoms with Crippen LogP contribution in [0.2, 0.25) is 5.02 Å². The maximum atomic E-state index is 11.6. The summed E-state index contributed by atoms with van der Waals surface area (Å²) in [4.78, 5) is 11.6. The summed E-state index contributed by atoms with van der Waals surface area (Å²) in [6.07, 6.45) is 0. The van der Waals surface area contributed by atoms with Gasteiger partial charge in [-0.15, -0.1) is 0 Å². The molecule has 4 nitrogen and oxygen atoms in total. The summed E-state index contributed by atoms with van der Waals surface area (Å²) in [7, 11) is 0. The van der Waals surface area contributed by atoms with Crippen molar-refractivity contribution in [2.45, 2.75) is 13.8 Å². The van der Waals surface area contributed by atoms with Gasteiger partial charge in [0.05, 0.1) is 0 Å². The molecule has 28 heavy (non-hydrogen) atoms. The first-order valence-electron chi connectivity index (χ1n) is 8.69. The topological polar surface area (TPSA) is 67.2 Å². The lowest BCUT2D eigenvalue weighted by molar-refractivity contribution is 0.1000. The minimum atomic E-state index is -0.426. The van der Waals surface area contributed by atoms with E-state index in [9.17, 15) is 4.79 Å². The van der Waals surface area contributed by atoms with Crippen molar-refractivity contribution >= 4 is 46.2 Å². The average Bonchev–Trinajstić information content (AvgIpc) is 2.65. The molecular formula is C22H20ClN3OS. The SMILES string of the molecule is Cc1ccc(NC(=S)Nc2ccc(-c3cccc(C(N)=O)c3C)cc2)cc1Cl. The van der Waals surface area contributed by atoms with Gasteiger partial charge in [0, 0.05) is 22.0 Å². The Bertz CT molecular complexity index is 1050. The van der Waals surface area contributed by atoms with E-state index < -0.39 is 5.91 Å². The molecule has 0 heterocycles. The van der Waals surface area contributed by atoms with Crippen LogP contribution in [-0.2, 0) is 0 Å². The second kappa shape index (κ2) is 8.42. The third-order valence-electron chi connectivity index (χ3n) is 4.48. The molecule has 0 bridgehead atoms. The lowest BCUT2D eigenvalue weighted by Crippen LogP contribution is -2.19. The van der Waals surface area contributed by atoms with Crippen molar-refractivity contribution in [3.63, 3.8) is 0 Å². The largest absolute Gasteiger partial charge is 0.366 e. The van der Waals surface area contributed by atoms with Crippen LogP contribution < -0.4 is 16.4 Å². The van der Waals surface area contributed by atoms with Crippen LogP contribution in [0.15, 0.2) is 60.7 Å². The van der Waals surface area contributed by atoms with Crippen LogP contribution in [0.25, 0.3) is 11.1 Å². The van der Waals surface area contributed by atoms with Crippen molar-refractivity contribution in [1.29, 1.82) is 0 Å². The third-order valence-corrected chi connectivity index (χ3v) is 5.09. The molecule has 0 aliphatic rings. The number of hydrogen-bond donors (Lipinski definition) is 3. The summed E-state index contributed by atoms with van der Waals surface area (Å²) in [5.74, 6) is -0.426. The standard InChI is InChI=1S/C22H20ClN3OS/c1-13-6-9-17(12-20(13)23)26-22(28)25-16-10-7-15(8-11-16)18-4-3-5-19(14(18)2)21(24)27/h3-12H,1-2H3,(H2,24,27)(H2,25,26,28). The summed E-state index contributed by atoms with van der Waals surface area (Å²) in [6.45, 7) is 3.85. The minimum Gasteiger partial charge on any atom is -0.366 e. The molecule has 0 aliphatic carbocycles. The molecule has 6 heteroatoms. The lowest BCUT2D eigenvalue weighted by atomic mass is 9.96. The number of aryl methyl sites for hydroxylation is 1. The van der Waals surface area contributed by atoms with Crippen molar-refractivity contribution in [1.82, 2.24) is 0 Å². The zero-order chi connectivity index (χ0) is 20.3. The van der Waals surface area contributed by atoms with Crippen LogP contribution in [-0.4, -0.2) is 11.0 Å². The van der Waals surface area contributed by atoms with E-state index in [-0.39, 0.29) is 0 Å². The van der Waals surface area contributed by atoms with E-state index in [1.807, 2.05) is 68.4 Å². The molecule has 0 radical (unpaired) electrons. The van der Waals surface area contributed by atoms with Crippen LogP contribution in [0.5, 0.6) is 0 Å². The number of benzene rings is 3. The summed E-state index contributed by atoms with van der Waals surface area (Å²) >= 11 is 11.5. The Hall–Kier alpha value is -2.89. The molecule has 0 fully saturated rings. The van der Waals surface area contributed by atoms with Gasteiger partial charge in [-0.05, 0) is 78.7 Å². The Kier molecular flexibility index (Phi) is 5.97. The summed E-state index contributed by atoms with van der Waals surface area (Å²) in [5.41, 5.74) is 11.5. The highest BCUT2D eigenvalue weighted by Crippen LogP contribution is 2.27. The highest BCUT2D eigenvalue weighted by atomic mass is 35.5. The first-order chi connectivity index (χ1) is 13.3. The molecule has 0 unspecified atom stereocenters. The van der Waals surface area contributed by atoms with Crippen LogP contribution in [0.3, 0.4) is 0 Å². The van der Waals surface area contributed by atoms with Crippen molar-refractivity contribution in [2.75, 3.05) is 10.6 Å². The summed E-state index contributed by atoms with van der Waals surface area (Å²) in [5, 5.41) is 7.43. The molecule has 0 aromatic heterocycles. The molecular weight excluding hydrogens is 390 g/mol. The van der Waals surface area contributed by atoms with Gasteiger partial charge >= 0.3 is 0 Å². The predicted octanol–water partition coefficient (Wildman–Crippen LogP) is 5.53. The van der Waals surface area contributed by atoms with Gasteiger partial charge in [-0.2, -0.15) is 0 Å². The fourth-order valence-electron chi connectivity index (χ4n) is 2.91. The second-order valence-corrected chi connectivity index (χ2v) is 7.28. The van der Waals surface area contributed by atoms with Crippen LogP contribution in [0.1, 0.15) is 21.5 Å². The van der Waals surface area contributed by atoms with E-state index in [2.05, 4.69) is 10.6 Å². The highest BCUT2D eigenvalue weighted by Gasteiger charge is 2.10. The van der Waals surface area contributed by atoms with Gasteiger partial charge in [0.1, 0.15) is 0 Å². The number of thiocarbonyl (C=S) groups is 1. The molecule has 0 saturated heterocycles. The van der Waals surface area contributed by atoms with Gasteiger partial charge in [-0.1, -0.05) is 41.9 Å². The minimum absolute atomic E-state index is 0.426. The monoisotopic (exact) mass is 409 g/mol. The highest BCUT2D eigenvalue weighted by molar-refractivity contribution is 7.80. The number of amides is 1. The number of rotatable bonds is 4. The number of nitrogens with one attached hydrogen (secondary N) is 2. The number of primary amides is 1. The van der Waals surface area contributed by atoms with E-state index in [4.69, 9.17) is 29.6 Å². The second-order valence-electron chi connectivity index (χ2n) is 6.46. The fraction of sp³-hybridized carbons (Fsp3) is 0.0909. The zero-order valence-electron chi connectivity index (χ0n) is 15.5. The van der Waals surface area contributed by atoms with Gasteiger partial charge in [-0.3, -0.25) is 4.79 Å². The van der Waals surface area contributed by atoms with Crippen molar-refractivity contribution in [2.24, 2.45) is 5.73 Å². The van der Waals surface area contributed by atoms with Gasteiger partial charge in [0.15, 0.2) is 5.11 Å². The molecule has 0 atom stereocenters. The number of anilines is 2. The third kappa shape index (κ3) is 4.50. The number of nitrogens with two attached hydrogens (primary N) is 1. The zero-order valence-corrected chi connectivity index (χ0v) is 17.1. The maximum absolute atomic E-state index is 11.6. The van der Waals surface area contributed by atoms with Crippen molar-refractivity contribution in [3.8, 4) is 11.1 Å². The Balaban J connectivity index is 1.72. The van der Waals surface area contributed by atoms with Gasteiger partial charge in [0.2, 0.25) is 5.91 Å². The molecule has 0 spiro atoms. The molecule has 3 rings (SSSR count). The number of carbonyl (C=O) groups excluding carboxylic acids is 1. The quantitative estimate of drug-likeness (QED) is 0.495. The molecule has 1 amide bonds. The predicted molar refractivity (Wildman–Crippen MR) is 121 cm³/mol. The number of hydrogen-bond acceptors (Lipinski definition) is 2. The fourth-order valence-corrected chi connectivity index (χ4v) is 3.33. The smallest absolute Gasteiger partial charge is 0.248 e. The van der Waals surface area contributed by atoms with Gasteiger partial charge < -0.3 is 16.4 Å². The normalized spacial score (nSPS) is 10.4. The average molecular weight is 410 g/mol. The van der Waals surface area contributed by atoms with E-state index in [0.717, 1.165) is 33.6 Å². The molecule has 4 N–H and O–H groups in total. The Labute approximate surface area is 174 Å². The Morgan fingerprint density at radius 1 is 0.964 bits per heavy atom. The molecule has 0 aliphatic heterocycles. The van der Waals surface area contributed by atoms with Crippen LogP contribution in [0.4, 0.5) is 11.4 Å². The lowest BCUT2D eigenvalue weighted by Gasteiger charge is -2.13. The molecule has 0 saturated carbocycles. The van der Waals surface area contributed by atoms with E-state index in [1.54, 1.807) is 6.07 Å². The summed E-state index contributed by atoms with van der Waals surface area (Å²) < 4.78 is 0. The van der Waals surface area contributed by atoms with Gasteiger partial charge in [0.25, 0.3) is 0 Å². The maximum Gasteiger partial charge on any atom is 0.248 e. The first-order valence-corrected chi connectivity index (χ1v) is 9.48. The van der Waals surface area contributed by atoms with E-state index in [1.165, 1.54) is 0 Å². The van der Waals surface area contributed by atoms with Crippen LogP contribution in [0, 0.1) is 13.8 Å². The molecule has 142 valence electrons. The number of carbonyl (C=O) groups is 1. The Morgan fingerprint density at radius 2 is 1.61 bits per heavy atom. The van der Waals surface area contributed by atoms with Crippen LogP contribution >= 0.6 is 23.8 Å². The number of halogens is 1. The van der Waals surface area contributed by atoms with E-state index >= 15 is 0 Å². The van der Waals surface area contributed by atoms with Crippen molar-refractivity contribution in [3.05, 3.63) is 82.4 Å². The van der Waals surface area contributed by atoms with Gasteiger partial charge in [-0.25, -0.2) is 0 Å². The van der Waals surface area contributed by atoms with E-state index in [0.29, 0.717) is 15.7 Å².